The highest BCUT2D eigenvalue weighted by Crippen LogP contribution is 2.34. The molecule has 0 amide bonds. The van der Waals surface area contributed by atoms with Gasteiger partial charge in [0.05, 0.1) is 6.20 Å². The summed E-state index contributed by atoms with van der Waals surface area (Å²) in [6.07, 6.45) is 6.82. The zero-order chi connectivity index (χ0) is 7.68. The van der Waals surface area contributed by atoms with Crippen molar-refractivity contribution < 1.29 is 4.42 Å². The Morgan fingerprint density at radius 3 is 2.73 bits per heavy atom. The average Bonchev–Trinajstić information content (AvgIpc) is 2.55. The number of rotatable bonds is 1. The summed E-state index contributed by atoms with van der Waals surface area (Å²) in [6.45, 7) is 0. The Morgan fingerprint density at radius 2 is 2.18 bits per heavy atom. The second-order valence-corrected chi connectivity index (χ2v) is 3.32. The van der Waals surface area contributed by atoms with E-state index in [2.05, 4.69) is 4.98 Å². The number of oxazole rings is 1. The largest absolute Gasteiger partial charge is 0.433 e. The molecule has 1 aromatic rings. The van der Waals surface area contributed by atoms with Crippen LogP contribution in [0.5, 0.6) is 0 Å². The lowest BCUT2D eigenvalue weighted by Crippen LogP contribution is -1.87. The monoisotopic (exact) mass is 171 g/mol. The summed E-state index contributed by atoms with van der Waals surface area (Å²) >= 11 is 5.56. The molecule has 1 heterocycles. The number of nitrogens with zero attached hydrogens (tertiary/aromatic N) is 1. The first-order valence-corrected chi connectivity index (χ1v) is 4.35. The van der Waals surface area contributed by atoms with Crippen LogP contribution in [0, 0.1) is 0 Å². The predicted molar refractivity (Wildman–Crippen MR) is 42.7 cm³/mol. The van der Waals surface area contributed by atoms with Crippen LogP contribution in [-0.4, -0.2) is 4.98 Å². The van der Waals surface area contributed by atoms with Crippen molar-refractivity contribution in [3.8, 4) is 0 Å². The third kappa shape index (κ3) is 1.41. The number of aromatic nitrogens is 1. The van der Waals surface area contributed by atoms with Crippen molar-refractivity contribution in [2.45, 2.75) is 31.6 Å². The zero-order valence-corrected chi connectivity index (χ0v) is 6.97. The van der Waals surface area contributed by atoms with E-state index in [4.69, 9.17) is 16.0 Å². The Morgan fingerprint density at radius 1 is 1.45 bits per heavy atom. The first-order valence-electron chi connectivity index (χ1n) is 3.97. The van der Waals surface area contributed by atoms with Crippen molar-refractivity contribution >= 4 is 11.6 Å². The highest BCUT2D eigenvalue weighted by molar-refractivity contribution is 6.27. The minimum atomic E-state index is 0.270. The number of hydrogen-bond acceptors (Lipinski definition) is 2. The quantitative estimate of drug-likeness (QED) is 0.649. The Kier molecular flexibility index (Phi) is 1.86. The maximum Gasteiger partial charge on any atom is 0.292 e. The van der Waals surface area contributed by atoms with Crippen molar-refractivity contribution in [1.82, 2.24) is 4.98 Å². The highest BCUT2D eigenvalue weighted by atomic mass is 35.5. The molecule has 0 unspecified atom stereocenters. The minimum Gasteiger partial charge on any atom is -0.433 e. The Labute approximate surface area is 70.6 Å². The van der Waals surface area contributed by atoms with Crippen LogP contribution in [0.4, 0.5) is 0 Å². The summed E-state index contributed by atoms with van der Waals surface area (Å²) < 4.78 is 5.22. The van der Waals surface area contributed by atoms with Crippen molar-refractivity contribution in [2.24, 2.45) is 0 Å². The van der Waals surface area contributed by atoms with Crippen molar-refractivity contribution in [3.63, 3.8) is 0 Å². The Bertz CT molecular complexity index is 240. The first kappa shape index (κ1) is 7.17. The van der Waals surface area contributed by atoms with Crippen LogP contribution < -0.4 is 0 Å². The Balaban J connectivity index is 2.15. The molecular weight excluding hydrogens is 162 g/mol. The maximum atomic E-state index is 5.56. The molecule has 0 saturated heterocycles. The van der Waals surface area contributed by atoms with Gasteiger partial charge >= 0.3 is 0 Å². The van der Waals surface area contributed by atoms with Gasteiger partial charge in [-0.05, 0) is 24.4 Å². The van der Waals surface area contributed by atoms with E-state index in [0.717, 1.165) is 5.76 Å². The van der Waals surface area contributed by atoms with E-state index >= 15 is 0 Å². The van der Waals surface area contributed by atoms with E-state index in [9.17, 15) is 0 Å². The van der Waals surface area contributed by atoms with Crippen molar-refractivity contribution in [2.75, 3.05) is 0 Å². The molecule has 11 heavy (non-hydrogen) atoms. The summed E-state index contributed by atoms with van der Waals surface area (Å²) in [6, 6.07) is 0. The van der Waals surface area contributed by atoms with E-state index in [-0.39, 0.29) is 5.35 Å². The van der Waals surface area contributed by atoms with Crippen LogP contribution in [-0.2, 0) is 0 Å². The zero-order valence-electron chi connectivity index (χ0n) is 6.22. The topological polar surface area (TPSA) is 26.0 Å². The van der Waals surface area contributed by atoms with Gasteiger partial charge in [0.25, 0.3) is 5.35 Å². The lowest BCUT2D eigenvalue weighted by atomic mass is 10.1. The molecule has 2 nitrogen and oxygen atoms in total. The molecule has 3 heteroatoms. The molecular formula is C8H10ClNO. The van der Waals surface area contributed by atoms with E-state index in [0.29, 0.717) is 5.92 Å². The molecule has 0 aliphatic heterocycles. The normalized spacial score (nSPS) is 19.4. The van der Waals surface area contributed by atoms with E-state index < -0.39 is 0 Å². The smallest absolute Gasteiger partial charge is 0.292 e. The summed E-state index contributed by atoms with van der Waals surface area (Å²) in [4.78, 5) is 3.86. The van der Waals surface area contributed by atoms with Gasteiger partial charge in [0.15, 0.2) is 0 Å². The molecule has 1 aliphatic rings. The van der Waals surface area contributed by atoms with Crippen LogP contribution in [0.25, 0.3) is 0 Å². The predicted octanol–water partition coefficient (Wildman–Crippen LogP) is 2.99. The van der Waals surface area contributed by atoms with Gasteiger partial charge in [-0.3, -0.25) is 0 Å². The molecule has 0 N–H and O–H groups in total. The van der Waals surface area contributed by atoms with E-state index in [1.54, 1.807) is 6.20 Å². The lowest BCUT2D eigenvalue weighted by molar-refractivity contribution is 0.463. The van der Waals surface area contributed by atoms with Crippen molar-refractivity contribution in [3.05, 3.63) is 17.3 Å². The van der Waals surface area contributed by atoms with Gasteiger partial charge in [0, 0.05) is 5.92 Å². The molecule has 0 aromatic carbocycles. The fourth-order valence-electron chi connectivity index (χ4n) is 1.66. The van der Waals surface area contributed by atoms with Gasteiger partial charge in [-0.25, -0.2) is 4.98 Å². The van der Waals surface area contributed by atoms with Crippen LogP contribution in [0.2, 0.25) is 5.35 Å². The molecule has 2 rings (SSSR count). The van der Waals surface area contributed by atoms with Gasteiger partial charge in [0.1, 0.15) is 5.76 Å². The summed E-state index contributed by atoms with van der Waals surface area (Å²) in [5.41, 5.74) is 0. The second kappa shape index (κ2) is 2.86. The maximum absolute atomic E-state index is 5.56. The molecule has 1 saturated carbocycles. The molecule has 1 fully saturated rings. The molecule has 0 radical (unpaired) electrons. The molecule has 60 valence electrons. The minimum absolute atomic E-state index is 0.270. The summed E-state index contributed by atoms with van der Waals surface area (Å²) in [7, 11) is 0. The van der Waals surface area contributed by atoms with Gasteiger partial charge in [-0.15, -0.1) is 0 Å². The van der Waals surface area contributed by atoms with Gasteiger partial charge in [0.2, 0.25) is 0 Å². The second-order valence-electron chi connectivity index (χ2n) is 3.00. The lowest BCUT2D eigenvalue weighted by Gasteiger charge is -2.01. The van der Waals surface area contributed by atoms with E-state index in [1.807, 2.05) is 0 Å². The molecule has 0 atom stereocenters. The molecule has 1 aliphatic carbocycles. The fourth-order valence-corrected chi connectivity index (χ4v) is 1.80. The summed E-state index contributed by atoms with van der Waals surface area (Å²) in [5, 5.41) is 0.270. The highest BCUT2D eigenvalue weighted by Gasteiger charge is 2.20. The number of halogens is 1. The van der Waals surface area contributed by atoms with E-state index in [1.165, 1.54) is 25.7 Å². The molecule has 0 spiro atoms. The average molecular weight is 172 g/mol. The summed E-state index contributed by atoms with van der Waals surface area (Å²) in [5.74, 6) is 1.54. The van der Waals surface area contributed by atoms with Crippen LogP contribution in [0.3, 0.4) is 0 Å². The van der Waals surface area contributed by atoms with Gasteiger partial charge in [-0.1, -0.05) is 12.8 Å². The van der Waals surface area contributed by atoms with Crippen LogP contribution in [0.15, 0.2) is 10.6 Å². The SMILES string of the molecule is Clc1ncc(C2CCCC2)o1. The molecule has 0 bridgehead atoms. The fraction of sp³-hybridized carbons (Fsp3) is 0.625. The molecule has 1 aromatic heterocycles. The van der Waals surface area contributed by atoms with Gasteiger partial charge < -0.3 is 4.42 Å². The van der Waals surface area contributed by atoms with Crippen LogP contribution in [0.1, 0.15) is 37.4 Å². The van der Waals surface area contributed by atoms with Crippen molar-refractivity contribution in [1.29, 1.82) is 0 Å². The first-order chi connectivity index (χ1) is 5.36. The Hall–Kier alpha value is -0.500. The van der Waals surface area contributed by atoms with Gasteiger partial charge in [-0.2, -0.15) is 0 Å². The standard InChI is InChI=1S/C8H10ClNO/c9-8-10-5-7(11-8)6-3-1-2-4-6/h5-6H,1-4H2. The third-order valence-electron chi connectivity index (χ3n) is 2.25. The number of hydrogen-bond donors (Lipinski definition) is 0. The third-order valence-corrected chi connectivity index (χ3v) is 2.43. The van der Waals surface area contributed by atoms with Crippen LogP contribution >= 0.6 is 11.6 Å².